The number of hydrogen-bond acceptors (Lipinski definition) is 3. The van der Waals surface area contributed by atoms with Crippen LogP contribution in [0.3, 0.4) is 0 Å². The van der Waals surface area contributed by atoms with Gasteiger partial charge in [-0.2, -0.15) is 4.31 Å². The molecule has 2 N–H and O–H groups in total. The van der Waals surface area contributed by atoms with Gasteiger partial charge in [-0.15, -0.1) is 0 Å². The Labute approximate surface area is 112 Å². The molecule has 4 nitrogen and oxygen atoms in total. The summed E-state index contributed by atoms with van der Waals surface area (Å²) in [5.74, 6) is 5.14. The third kappa shape index (κ3) is 3.53. The van der Waals surface area contributed by atoms with Gasteiger partial charge in [0.05, 0.1) is 12.3 Å². The summed E-state index contributed by atoms with van der Waals surface area (Å²) in [4.78, 5) is 0. The van der Waals surface area contributed by atoms with Crippen LogP contribution in [0.25, 0.3) is 0 Å². The standard InChI is InChI=1S/C13H15FN2O2S/c14-13-8-11(3-1-4-15)7-12(9-13)10-16-5-2-6-19(16,17)18/h7-9H,2,4-6,10,15H2. The number of rotatable bonds is 2. The minimum absolute atomic E-state index is 0.169. The molecule has 0 spiro atoms. The van der Waals surface area contributed by atoms with Crippen molar-refractivity contribution >= 4 is 10.0 Å². The second-order valence-electron chi connectivity index (χ2n) is 4.36. The molecule has 19 heavy (non-hydrogen) atoms. The van der Waals surface area contributed by atoms with Crippen molar-refractivity contribution < 1.29 is 12.8 Å². The van der Waals surface area contributed by atoms with E-state index in [1.54, 1.807) is 6.07 Å². The fourth-order valence-corrected chi connectivity index (χ4v) is 3.54. The number of nitrogens with two attached hydrogens (primary N) is 1. The fraction of sp³-hybridized carbons (Fsp3) is 0.385. The van der Waals surface area contributed by atoms with Crippen LogP contribution in [-0.4, -0.2) is 31.6 Å². The molecule has 1 aliphatic heterocycles. The molecule has 1 saturated heterocycles. The van der Waals surface area contributed by atoms with Crippen LogP contribution in [0.5, 0.6) is 0 Å². The zero-order chi connectivity index (χ0) is 13.9. The van der Waals surface area contributed by atoms with Crippen molar-refractivity contribution in [2.75, 3.05) is 18.8 Å². The first-order valence-electron chi connectivity index (χ1n) is 5.97. The van der Waals surface area contributed by atoms with Crippen molar-refractivity contribution in [3.8, 4) is 11.8 Å². The molecule has 1 aromatic carbocycles. The third-order valence-corrected chi connectivity index (χ3v) is 4.76. The first-order valence-corrected chi connectivity index (χ1v) is 7.58. The van der Waals surface area contributed by atoms with Crippen molar-refractivity contribution in [2.45, 2.75) is 13.0 Å². The summed E-state index contributed by atoms with van der Waals surface area (Å²) < 4.78 is 38.2. The van der Waals surface area contributed by atoms with E-state index >= 15 is 0 Å². The average molecular weight is 282 g/mol. The first kappa shape index (κ1) is 14.0. The molecule has 0 unspecified atom stereocenters. The Balaban J connectivity index is 2.23. The molecule has 1 heterocycles. The minimum atomic E-state index is -3.17. The summed E-state index contributed by atoms with van der Waals surface area (Å²) in [7, 11) is -3.17. The number of nitrogens with zero attached hydrogens (tertiary/aromatic N) is 1. The maximum absolute atomic E-state index is 13.5. The Bertz CT molecular complexity index is 632. The molecule has 0 saturated carbocycles. The average Bonchev–Trinajstić information content (AvgIpc) is 2.65. The van der Waals surface area contributed by atoms with Gasteiger partial charge in [-0.05, 0) is 30.2 Å². The van der Waals surface area contributed by atoms with Crippen molar-refractivity contribution in [1.82, 2.24) is 4.31 Å². The quantitative estimate of drug-likeness (QED) is 0.811. The van der Waals surface area contributed by atoms with E-state index in [1.807, 2.05) is 0 Å². The summed E-state index contributed by atoms with van der Waals surface area (Å²) in [6, 6.07) is 4.34. The van der Waals surface area contributed by atoms with Gasteiger partial charge < -0.3 is 5.73 Å². The van der Waals surface area contributed by atoms with Crippen LogP contribution in [0.15, 0.2) is 18.2 Å². The second kappa shape index (κ2) is 5.70. The summed E-state index contributed by atoms with van der Waals surface area (Å²) in [6.45, 7) is 0.881. The topological polar surface area (TPSA) is 63.4 Å². The Morgan fingerprint density at radius 2 is 2.16 bits per heavy atom. The van der Waals surface area contributed by atoms with Crippen LogP contribution in [0.2, 0.25) is 0 Å². The second-order valence-corrected chi connectivity index (χ2v) is 6.45. The van der Waals surface area contributed by atoms with Crippen LogP contribution in [0.4, 0.5) is 4.39 Å². The minimum Gasteiger partial charge on any atom is -0.320 e. The molecule has 2 rings (SSSR count). The first-order chi connectivity index (χ1) is 9.01. The zero-order valence-corrected chi connectivity index (χ0v) is 11.2. The van der Waals surface area contributed by atoms with E-state index in [9.17, 15) is 12.8 Å². The molecular weight excluding hydrogens is 267 g/mol. The lowest BCUT2D eigenvalue weighted by Gasteiger charge is -2.14. The van der Waals surface area contributed by atoms with Gasteiger partial charge in [0.1, 0.15) is 5.82 Å². The third-order valence-electron chi connectivity index (χ3n) is 2.85. The van der Waals surface area contributed by atoms with E-state index < -0.39 is 15.8 Å². The van der Waals surface area contributed by atoms with Crippen LogP contribution in [-0.2, 0) is 16.6 Å². The Hall–Kier alpha value is -1.42. The van der Waals surface area contributed by atoms with E-state index in [2.05, 4.69) is 11.8 Å². The fourth-order valence-electron chi connectivity index (χ4n) is 2.04. The number of sulfonamides is 1. The summed E-state index contributed by atoms with van der Waals surface area (Å²) >= 11 is 0. The van der Waals surface area contributed by atoms with E-state index in [1.165, 1.54) is 16.4 Å². The maximum atomic E-state index is 13.5. The monoisotopic (exact) mass is 282 g/mol. The van der Waals surface area contributed by atoms with Gasteiger partial charge in [-0.1, -0.05) is 11.8 Å². The molecular formula is C13H15FN2O2S. The summed E-state index contributed by atoms with van der Waals surface area (Å²) in [5.41, 5.74) is 6.38. The molecule has 0 aromatic heterocycles. The largest absolute Gasteiger partial charge is 0.320 e. The van der Waals surface area contributed by atoms with Crippen molar-refractivity contribution in [3.63, 3.8) is 0 Å². The van der Waals surface area contributed by atoms with Crippen LogP contribution < -0.4 is 5.73 Å². The van der Waals surface area contributed by atoms with Gasteiger partial charge in [-0.25, -0.2) is 12.8 Å². The predicted octanol–water partition coefficient (Wildman–Crippen LogP) is 0.671. The summed E-state index contributed by atoms with van der Waals surface area (Å²) in [5, 5.41) is 0. The predicted molar refractivity (Wildman–Crippen MR) is 71.1 cm³/mol. The SMILES string of the molecule is NCC#Cc1cc(F)cc(CN2CCCS2(=O)=O)c1. The van der Waals surface area contributed by atoms with Gasteiger partial charge in [0.25, 0.3) is 0 Å². The highest BCUT2D eigenvalue weighted by molar-refractivity contribution is 7.89. The summed E-state index contributed by atoms with van der Waals surface area (Å²) in [6.07, 6.45) is 0.623. The number of hydrogen-bond donors (Lipinski definition) is 1. The molecule has 102 valence electrons. The smallest absolute Gasteiger partial charge is 0.214 e. The normalized spacial score (nSPS) is 18.0. The van der Waals surface area contributed by atoms with Crippen LogP contribution in [0.1, 0.15) is 17.5 Å². The molecule has 6 heteroatoms. The van der Waals surface area contributed by atoms with Crippen molar-refractivity contribution in [1.29, 1.82) is 0 Å². The lowest BCUT2D eigenvalue weighted by atomic mass is 10.1. The van der Waals surface area contributed by atoms with E-state index in [0.29, 0.717) is 24.1 Å². The number of benzene rings is 1. The van der Waals surface area contributed by atoms with Gasteiger partial charge in [-0.3, -0.25) is 0 Å². The highest BCUT2D eigenvalue weighted by atomic mass is 32.2. The molecule has 0 bridgehead atoms. The molecule has 0 radical (unpaired) electrons. The van der Waals surface area contributed by atoms with Gasteiger partial charge in [0, 0.05) is 18.7 Å². The van der Waals surface area contributed by atoms with Gasteiger partial charge in [0.2, 0.25) is 10.0 Å². The maximum Gasteiger partial charge on any atom is 0.214 e. The number of halogens is 1. The molecule has 0 atom stereocenters. The molecule has 0 aliphatic carbocycles. The Morgan fingerprint density at radius 1 is 1.37 bits per heavy atom. The zero-order valence-electron chi connectivity index (χ0n) is 10.4. The lowest BCUT2D eigenvalue weighted by Crippen LogP contribution is -2.25. The van der Waals surface area contributed by atoms with Crippen molar-refractivity contribution in [3.05, 3.63) is 35.1 Å². The Morgan fingerprint density at radius 3 is 2.79 bits per heavy atom. The van der Waals surface area contributed by atoms with Crippen LogP contribution >= 0.6 is 0 Å². The van der Waals surface area contributed by atoms with Gasteiger partial charge in [0.15, 0.2) is 0 Å². The highest BCUT2D eigenvalue weighted by Gasteiger charge is 2.28. The highest BCUT2D eigenvalue weighted by Crippen LogP contribution is 2.18. The van der Waals surface area contributed by atoms with E-state index in [0.717, 1.165) is 0 Å². The molecule has 0 amide bonds. The van der Waals surface area contributed by atoms with E-state index in [-0.39, 0.29) is 18.8 Å². The molecule has 1 fully saturated rings. The molecule has 1 aliphatic rings. The van der Waals surface area contributed by atoms with Crippen LogP contribution in [0, 0.1) is 17.7 Å². The lowest BCUT2D eigenvalue weighted by molar-refractivity contribution is 0.438. The Kier molecular flexibility index (Phi) is 4.20. The van der Waals surface area contributed by atoms with Gasteiger partial charge >= 0.3 is 0 Å². The molecule has 1 aromatic rings. The van der Waals surface area contributed by atoms with Crippen molar-refractivity contribution in [2.24, 2.45) is 5.73 Å². The van der Waals surface area contributed by atoms with E-state index in [4.69, 9.17) is 5.73 Å².